The Kier molecular flexibility index (Phi) is 5.16. The summed E-state index contributed by atoms with van der Waals surface area (Å²) in [7, 11) is 0. The number of carbonyl (C=O) groups excluding carboxylic acids is 1. The lowest BCUT2D eigenvalue weighted by molar-refractivity contribution is 0.142. The van der Waals surface area contributed by atoms with E-state index in [2.05, 4.69) is 20.3 Å². The van der Waals surface area contributed by atoms with Gasteiger partial charge in [-0.2, -0.15) is 4.99 Å². The van der Waals surface area contributed by atoms with Gasteiger partial charge in [-0.1, -0.05) is 11.6 Å². The average molecular weight is 401 g/mol. The zero-order valence-corrected chi connectivity index (χ0v) is 15.2. The van der Waals surface area contributed by atoms with Crippen LogP contribution >= 0.6 is 11.6 Å². The van der Waals surface area contributed by atoms with E-state index in [0.717, 1.165) is 6.42 Å². The number of fused-ring (bicyclic) bond motifs is 1. The third-order valence-corrected chi connectivity index (χ3v) is 4.54. The van der Waals surface area contributed by atoms with Crippen LogP contribution in [0, 0.1) is 5.82 Å². The molecule has 0 bridgehead atoms. The van der Waals surface area contributed by atoms with Crippen LogP contribution in [0.15, 0.2) is 41.7 Å². The van der Waals surface area contributed by atoms with E-state index in [4.69, 9.17) is 21.1 Å². The van der Waals surface area contributed by atoms with Crippen LogP contribution in [-0.2, 0) is 9.53 Å². The van der Waals surface area contributed by atoms with Crippen molar-refractivity contribution in [1.82, 2.24) is 9.97 Å². The first kappa shape index (κ1) is 18.3. The fourth-order valence-corrected chi connectivity index (χ4v) is 3.08. The van der Waals surface area contributed by atoms with Crippen molar-refractivity contribution in [2.24, 2.45) is 4.99 Å². The van der Waals surface area contributed by atoms with Gasteiger partial charge in [-0.3, -0.25) is 0 Å². The second-order valence-electron chi connectivity index (χ2n) is 6.12. The quantitative estimate of drug-likeness (QED) is 0.507. The van der Waals surface area contributed by atoms with Gasteiger partial charge >= 0.3 is 0 Å². The monoisotopic (exact) mass is 400 g/mol. The van der Waals surface area contributed by atoms with Crippen molar-refractivity contribution in [3.05, 3.63) is 47.5 Å². The molecule has 0 saturated carbocycles. The molecule has 1 unspecified atom stereocenters. The first-order valence-electron chi connectivity index (χ1n) is 8.47. The molecule has 0 radical (unpaired) electrons. The summed E-state index contributed by atoms with van der Waals surface area (Å²) in [6.45, 7) is 1.10. The van der Waals surface area contributed by atoms with Gasteiger partial charge in [-0.05, 0) is 24.3 Å². The zero-order chi connectivity index (χ0) is 19.5. The Labute approximate surface area is 164 Å². The summed E-state index contributed by atoms with van der Waals surface area (Å²) in [4.78, 5) is 23.1. The lowest BCUT2D eigenvalue weighted by Crippen LogP contribution is -2.15. The highest BCUT2D eigenvalue weighted by atomic mass is 35.5. The van der Waals surface area contributed by atoms with Gasteiger partial charge in [0.25, 0.3) is 0 Å². The minimum absolute atomic E-state index is 0.0101. The summed E-state index contributed by atoms with van der Waals surface area (Å²) in [6.07, 6.45) is 3.57. The fourth-order valence-electron chi connectivity index (χ4n) is 2.90. The summed E-state index contributed by atoms with van der Waals surface area (Å²) < 4.78 is 24.6. The second-order valence-corrected chi connectivity index (χ2v) is 6.53. The second kappa shape index (κ2) is 7.90. The SMILES string of the molecule is O=C=Nc1cc2c(Nc3ccc(F)c(Cl)c3)ncnc2cc1OC1CCOC1. The molecular formula is C19H14ClFN4O3. The van der Waals surface area contributed by atoms with Gasteiger partial charge in [0.2, 0.25) is 6.08 Å². The molecular weight excluding hydrogens is 387 g/mol. The lowest BCUT2D eigenvalue weighted by Gasteiger charge is -2.15. The van der Waals surface area contributed by atoms with E-state index in [-0.39, 0.29) is 11.1 Å². The van der Waals surface area contributed by atoms with Crippen molar-refractivity contribution in [2.45, 2.75) is 12.5 Å². The van der Waals surface area contributed by atoms with Crippen LogP contribution in [0.25, 0.3) is 10.9 Å². The Morgan fingerprint density at radius 1 is 1.32 bits per heavy atom. The van der Waals surface area contributed by atoms with Crippen molar-refractivity contribution in [3.63, 3.8) is 0 Å². The van der Waals surface area contributed by atoms with Crippen LogP contribution in [0.5, 0.6) is 5.75 Å². The number of aromatic nitrogens is 2. The standard InChI is InChI=1S/C19H14ClFN4O3/c20-14-5-11(1-2-15(14)21)25-19-13-6-17(24-10-26)18(7-16(13)22-9-23-19)28-12-3-4-27-8-12/h1-2,5-7,9,12H,3-4,8H2,(H,22,23,25). The number of aliphatic imine (C=N–C) groups is 1. The molecule has 0 aliphatic carbocycles. The molecule has 1 atom stereocenters. The number of isocyanates is 1. The number of ether oxygens (including phenoxy) is 2. The van der Waals surface area contributed by atoms with Crippen molar-refractivity contribution in [3.8, 4) is 5.75 Å². The Balaban J connectivity index is 1.74. The molecule has 1 fully saturated rings. The summed E-state index contributed by atoms with van der Waals surface area (Å²) in [5.41, 5.74) is 1.45. The van der Waals surface area contributed by atoms with Gasteiger partial charge in [-0.15, -0.1) is 0 Å². The molecule has 1 aromatic heterocycles. The Bertz CT molecular complexity index is 1080. The first-order valence-corrected chi connectivity index (χ1v) is 8.85. The van der Waals surface area contributed by atoms with Crippen molar-refractivity contribution < 1.29 is 18.7 Å². The maximum absolute atomic E-state index is 13.4. The smallest absolute Gasteiger partial charge is 0.240 e. The van der Waals surface area contributed by atoms with Crippen LogP contribution in [0.2, 0.25) is 5.02 Å². The molecule has 2 heterocycles. The van der Waals surface area contributed by atoms with Crippen molar-refractivity contribution >= 4 is 45.8 Å². The summed E-state index contributed by atoms with van der Waals surface area (Å²) in [6, 6.07) is 7.57. The summed E-state index contributed by atoms with van der Waals surface area (Å²) in [5, 5.41) is 3.67. The number of nitrogens with zero attached hydrogens (tertiary/aromatic N) is 3. The lowest BCUT2D eigenvalue weighted by atomic mass is 10.2. The van der Waals surface area contributed by atoms with E-state index in [1.165, 1.54) is 24.5 Å². The van der Waals surface area contributed by atoms with Gasteiger partial charge in [0.1, 0.15) is 35.5 Å². The van der Waals surface area contributed by atoms with Crippen LogP contribution in [-0.4, -0.2) is 35.4 Å². The van der Waals surface area contributed by atoms with Gasteiger partial charge in [0.05, 0.1) is 23.8 Å². The number of hydrogen-bond donors (Lipinski definition) is 1. The fraction of sp³-hybridized carbons (Fsp3) is 0.211. The van der Waals surface area contributed by atoms with Gasteiger partial charge in [0, 0.05) is 23.6 Å². The minimum Gasteiger partial charge on any atom is -0.486 e. The third kappa shape index (κ3) is 3.80. The van der Waals surface area contributed by atoms with Crippen LogP contribution in [0.3, 0.4) is 0 Å². The number of nitrogens with one attached hydrogen (secondary N) is 1. The Morgan fingerprint density at radius 3 is 2.96 bits per heavy atom. The molecule has 142 valence electrons. The van der Waals surface area contributed by atoms with E-state index >= 15 is 0 Å². The van der Waals surface area contributed by atoms with Crippen LogP contribution in [0.1, 0.15) is 6.42 Å². The Morgan fingerprint density at radius 2 is 2.21 bits per heavy atom. The molecule has 28 heavy (non-hydrogen) atoms. The average Bonchev–Trinajstić information content (AvgIpc) is 3.19. The number of hydrogen-bond acceptors (Lipinski definition) is 7. The zero-order valence-electron chi connectivity index (χ0n) is 14.5. The Hall–Kier alpha value is -3.06. The summed E-state index contributed by atoms with van der Waals surface area (Å²) >= 11 is 5.83. The molecule has 7 nitrogen and oxygen atoms in total. The van der Waals surface area contributed by atoms with E-state index in [1.54, 1.807) is 18.2 Å². The normalized spacial score (nSPS) is 16.0. The maximum Gasteiger partial charge on any atom is 0.240 e. The predicted octanol–water partition coefficient (Wildman–Crippen LogP) is 4.30. The number of halogens is 2. The minimum atomic E-state index is -0.514. The van der Waals surface area contributed by atoms with Crippen molar-refractivity contribution in [2.75, 3.05) is 18.5 Å². The summed E-state index contributed by atoms with van der Waals surface area (Å²) in [5.74, 6) is 0.353. The van der Waals surface area contributed by atoms with Crippen LogP contribution < -0.4 is 10.1 Å². The molecule has 1 aliphatic rings. The molecule has 3 aromatic rings. The number of anilines is 2. The maximum atomic E-state index is 13.4. The third-order valence-electron chi connectivity index (χ3n) is 4.25. The van der Waals surface area contributed by atoms with Gasteiger partial charge in [0.15, 0.2) is 0 Å². The molecule has 0 spiro atoms. The molecule has 1 saturated heterocycles. The predicted molar refractivity (Wildman–Crippen MR) is 102 cm³/mol. The molecule has 4 rings (SSSR count). The molecule has 2 aromatic carbocycles. The van der Waals surface area contributed by atoms with Crippen molar-refractivity contribution in [1.29, 1.82) is 0 Å². The number of benzene rings is 2. The molecule has 0 amide bonds. The highest BCUT2D eigenvalue weighted by Crippen LogP contribution is 2.36. The van der Waals surface area contributed by atoms with Crippen LogP contribution in [0.4, 0.5) is 21.6 Å². The first-order chi connectivity index (χ1) is 13.6. The highest BCUT2D eigenvalue weighted by Gasteiger charge is 2.20. The van der Waals surface area contributed by atoms with E-state index in [9.17, 15) is 9.18 Å². The van der Waals surface area contributed by atoms with E-state index < -0.39 is 5.82 Å². The van der Waals surface area contributed by atoms with E-state index in [0.29, 0.717) is 47.1 Å². The largest absolute Gasteiger partial charge is 0.486 e. The molecule has 9 heteroatoms. The molecule has 1 aliphatic heterocycles. The highest BCUT2D eigenvalue weighted by molar-refractivity contribution is 6.31. The van der Waals surface area contributed by atoms with E-state index in [1.807, 2.05) is 0 Å². The van der Waals surface area contributed by atoms with Gasteiger partial charge < -0.3 is 14.8 Å². The van der Waals surface area contributed by atoms with Gasteiger partial charge in [-0.25, -0.2) is 19.2 Å². The molecule has 1 N–H and O–H groups in total. The number of rotatable bonds is 5. The topological polar surface area (TPSA) is 85.7 Å².